The number of nitro benzene ring substituents is 1. The maximum atomic E-state index is 13.2. The van der Waals surface area contributed by atoms with Crippen LogP contribution >= 0.6 is 0 Å². The van der Waals surface area contributed by atoms with Crippen LogP contribution in [0.1, 0.15) is 24.6 Å². The van der Waals surface area contributed by atoms with Gasteiger partial charge in [-0.2, -0.15) is 4.39 Å². The topological polar surface area (TPSA) is 90.0 Å². The van der Waals surface area contributed by atoms with Crippen LogP contribution in [0.15, 0.2) is 42.9 Å². The molecule has 1 fully saturated rings. The van der Waals surface area contributed by atoms with Gasteiger partial charge in [-0.1, -0.05) is 12.1 Å². The number of hydrogen-bond donors (Lipinski definition) is 0. The lowest BCUT2D eigenvalue weighted by atomic mass is 9.94. The number of aromatic nitrogens is 4. The summed E-state index contributed by atoms with van der Waals surface area (Å²) in [5.74, 6) is 0.618. The van der Waals surface area contributed by atoms with E-state index >= 15 is 0 Å². The van der Waals surface area contributed by atoms with E-state index < -0.39 is 5.95 Å². The van der Waals surface area contributed by atoms with Gasteiger partial charge < -0.3 is 9.47 Å². The normalized spacial score (nSPS) is 15.0. The molecule has 3 heterocycles. The van der Waals surface area contributed by atoms with Crippen LogP contribution in [0.5, 0.6) is 0 Å². The van der Waals surface area contributed by atoms with Crippen LogP contribution in [0.2, 0.25) is 0 Å². The predicted octanol–water partition coefficient (Wildman–Crippen LogP) is 3.31. The van der Waals surface area contributed by atoms with Crippen molar-refractivity contribution in [3.05, 3.63) is 64.7 Å². The van der Waals surface area contributed by atoms with E-state index in [-0.39, 0.29) is 16.5 Å². The molecule has 0 bridgehead atoms. The first-order valence-electron chi connectivity index (χ1n) is 9.02. The Hall–Kier alpha value is -3.36. The minimum atomic E-state index is -0.583. The Balaban J connectivity index is 1.68. The monoisotopic (exact) mass is 382 g/mol. The number of rotatable bonds is 4. The zero-order valence-corrected chi connectivity index (χ0v) is 15.3. The van der Waals surface area contributed by atoms with Crippen LogP contribution in [0.3, 0.4) is 0 Å². The smallest absolute Gasteiger partial charge is 0.293 e. The van der Waals surface area contributed by atoms with Gasteiger partial charge in [-0.15, -0.1) is 10.2 Å². The Morgan fingerprint density at radius 3 is 2.61 bits per heavy atom. The van der Waals surface area contributed by atoms with Crippen molar-refractivity contribution in [2.45, 2.75) is 18.8 Å². The molecule has 1 aliphatic heterocycles. The number of para-hydroxylation sites is 1. The van der Waals surface area contributed by atoms with Crippen molar-refractivity contribution in [1.82, 2.24) is 19.7 Å². The fourth-order valence-corrected chi connectivity index (χ4v) is 3.80. The fourth-order valence-electron chi connectivity index (χ4n) is 3.80. The number of nitrogens with zero attached hydrogens (tertiary/aromatic N) is 6. The molecular weight excluding hydrogens is 363 g/mol. The first-order chi connectivity index (χ1) is 13.5. The van der Waals surface area contributed by atoms with Crippen molar-refractivity contribution in [2.75, 3.05) is 18.0 Å². The lowest BCUT2D eigenvalue weighted by molar-refractivity contribution is -0.384. The van der Waals surface area contributed by atoms with Gasteiger partial charge in [-0.05, 0) is 25.0 Å². The minimum Gasteiger partial charge on any atom is -0.365 e. The number of pyridine rings is 1. The molecule has 144 valence electrons. The summed E-state index contributed by atoms with van der Waals surface area (Å²) < 4.78 is 15.2. The molecule has 28 heavy (non-hydrogen) atoms. The average Bonchev–Trinajstić information content (AvgIpc) is 3.14. The van der Waals surface area contributed by atoms with Gasteiger partial charge in [0.25, 0.3) is 5.69 Å². The number of benzene rings is 1. The van der Waals surface area contributed by atoms with Crippen molar-refractivity contribution in [1.29, 1.82) is 0 Å². The van der Waals surface area contributed by atoms with Gasteiger partial charge in [-0.3, -0.25) is 10.1 Å². The Kier molecular flexibility index (Phi) is 4.72. The molecule has 0 atom stereocenters. The lowest BCUT2D eigenvalue weighted by Crippen LogP contribution is -2.34. The summed E-state index contributed by atoms with van der Waals surface area (Å²) in [6.45, 7) is 1.31. The van der Waals surface area contributed by atoms with E-state index in [4.69, 9.17) is 0 Å². The summed E-state index contributed by atoms with van der Waals surface area (Å²) in [6, 6.07) is 7.82. The standard InChI is InChI=1S/C19H19FN6O2/c1-24-12-22-23-19(24)13-7-9-25(10-8-13)18-15(3-2-4-16(18)26(27)28)14-5-6-17(20)21-11-14/h2-6,11-13H,7-10H2,1H3. The third-order valence-corrected chi connectivity index (χ3v) is 5.17. The summed E-state index contributed by atoms with van der Waals surface area (Å²) >= 11 is 0. The highest BCUT2D eigenvalue weighted by atomic mass is 19.1. The van der Waals surface area contributed by atoms with Crippen LogP contribution in [0, 0.1) is 16.1 Å². The number of halogens is 1. The predicted molar refractivity (Wildman–Crippen MR) is 101 cm³/mol. The van der Waals surface area contributed by atoms with Crippen molar-refractivity contribution < 1.29 is 9.31 Å². The molecule has 0 unspecified atom stereocenters. The maximum absolute atomic E-state index is 13.2. The zero-order chi connectivity index (χ0) is 19.7. The van der Waals surface area contributed by atoms with Gasteiger partial charge in [0.15, 0.2) is 0 Å². The maximum Gasteiger partial charge on any atom is 0.293 e. The second-order valence-electron chi connectivity index (χ2n) is 6.86. The molecule has 1 saturated heterocycles. The molecule has 0 radical (unpaired) electrons. The van der Waals surface area contributed by atoms with Gasteiger partial charge in [0.1, 0.15) is 17.8 Å². The van der Waals surface area contributed by atoms with Crippen molar-refractivity contribution in [3.8, 4) is 11.1 Å². The molecule has 1 aliphatic rings. The van der Waals surface area contributed by atoms with Crippen LogP contribution < -0.4 is 4.90 Å². The Morgan fingerprint density at radius 1 is 1.21 bits per heavy atom. The van der Waals surface area contributed by atoms with E-state index in [9.17, 15) is 14.5 Å². The Morgan fingerprint density at radius 2 is 2.00 bits per heavy atom. The zero-order valence-electron chi connectivity index (χ0n) is 15.3. The number of anilines is 1. The van der Waals surface area contributed by atoms with E-state index in [0.717, 1.165) is 18.7 Å². The van der Waals surface area contributed by atoms with Gasteiger partial charge in [0.2, 0.25) is 5.95 Å². The SMILES string of the molecule is Cn1cnnc1C1CCN(c2c(-c3ccc(F)nc3)cccc2[N+](=O)[O-])CC1. The molecule has 9 heteroatoms. The van der Waals surface area contributed by atoms with E-state index in [1.807, 2.05) is 22.6 Å². The lowest BCUT2D eigenvalue weighted by Gasteiger charge is -2.34. The summed E-state index contributed by atoms with van der Waals surface area (Å²) in [7, 11) is 1.92. The second kappa shape index (κ2) is 7.34. The first kappa shape index (κ1) is 18.0. The van der Waals surface area contributed by atoms with Crippen molar-refractivity contribution in [2.24, 2.45) is 7.05 Å². The number of hydrogen-bond acceptors (Lipinski definition) is 6. The first-order valence-corrected chi connectivity index (χ1v) is 9.02. The highest BCUT2D eigenvalue weighted by molar-refractivity contribution is 5.85. The average molecular weight is 382 g/mol. The van der Waals surface area contributed by atoms with Gasteiger partial charge in [0, 0.05) is 49.4 Å². The van der Waals surface area contributed by atoms with Gasteiger partial charge in [-0.25, -0.2) is 4.98 Å². The molecule has 0 spiro atoms. The van der Waals surface area contributed by atoms with E-state index in [1.165, 1.54) is 18.3 Å². The molecule has 0 saturated carbocycles. The Labute approximate surface area is 160 Å². The van der Waals surface area contributed by atoms with E-state index in [0.29, 0.717) is 29.9 Å². The molecule has 1 aromatic carbocycles. The highest BCUT2D eigenvalue weighted by Gasteiger charge is 2.29. The number of piperidine rings is 1. The third-order valence-electron chi connectivity index (χ3n) is 5.17. The molecular formula is C19H19FN6O2. The molecule has 0 aliphatic carbocycles. The largest absolute Gasteiger partial charge is 0.365 e. The number of aryl methyl sites for hydroxylation is 1. The summed E-state index contributed by atoms with van der Waals surface area (Å²) in [4.78, 5) is 17.0. The van der Waals surface area contributed by atoms with E-state index in [1.54, 1.807) is 18.5 Å². The molecule has 4 rings (SSSR count). The van der Waals surface area contributed by atoms with Crippen molar-refractivity contribution >= 4 is 11.4 Å². The second-order valence-corrected chi connectivity index (χ2v) is 6.86. The van der Waals surface area contributed by atoms with Crippen LogP contribution in [0.25, 0.3) is 11.1 Å². The summed E-state index contributed by atoms with van der Waals surface area (Å²) in [5.41, 5.74) is 1.92. The van der Waals surface area contributed by atoms with Crippen LogP contribution in [-0.2, 0) is 7.05 Å². The molecule has 3 aromatic rings. The fraction of sp³-hybridized carbons (Fsp3) is 0.316. The van der Waals surface area contributed by atoms with Crippen molar-refractivity contribution in [3.63, 3.8) is 0 Å². The molecule has 2 aromatic heterocycles. The molecule has 0 amide bonds. The molecule has 8 nitrogen and oxygen atoms in total. The highest BCUT2D eigenvalue weighted by Crippen LogP contribution is 2.41. The van der Waals surface area contributed by atoms with Gasteiger partial charge in [0.05, 0.1) is 4.92 Å². The summed E-state index contributed by atoms with van der Waals surface area (Å²) in [6.07, 6.45) is 4.73. The third kappa shape index (κ3) is 3.30. The van der Waals surface area contributed by atoms with Crippen LogP contribution in [-0.4, -0.2) is 37.8 Å². The Bertz CT molecular complexity index is 996. The molecule has 0 N–H and O–H groups in total. The summed E-state index contributed by atoms with van der Waals surface area (Å²) in [5, 5.41) is 19.8. The van der Waals surface area contributed by atoms with Crippen LogP contribution in [0.4, 0.5) is 15.8 Å². The van der Waals surface area contributed by atoms with Gasteiger partial charge >= 0.3 is 0 Å². The van der Waals surface area contributed by atoms with E-state index in [2.05, 4.69) is 15.2 Å². The number of nitro groups is 1. The minimum absolute atomic E-state index is 0.0407. The quantitative estimate of drug-likeness (QED) is 0.391.